The molecule has 1 aromatic rings. The van der Waals surface area contributed by atoms with E-state index in [1.54, 1.807) is 11.0 Å². The van der Waals surface area contributed by atoms with Crippen LogP contribution in [-0.2, 0) is 14.3 Å². The van der Waals surface area contributed by atoms with Crippen LogP contribution in [0.3, 0.4) is 0 Å². The van der Waals surface area contributed by atoms with Crippen LogP contribution in [-0.4, -0.2) is 30.1 Å². The number of hydrogen-bond donors (Lipinski definition) is 0. The number of hydrogen-bond acceptors (Lipinski definition) is 4. The summed E-state index contributed by atoms with van der Waals surface area (Å²) in [6.45, 7) is 2.33. The number of nitrogens with zero attached hydrogens (tertiary/aromatic N) is 1. The molecule has 0 aliphatic carbocycles. The number of benzene rings is 1. The van der Waals surface area contributed by atoms with Gasteiger partial charge in [0.25, 0.3) is 0 Å². The molecule has 2 fully saturated rings. The number of fused-ring (bicyclic) bond motifs is 1. The number of anilines is 1. The zero-order valence-electron chi connectivity index (χ0n) is 11.5. The zero-order valence-corrected chi connectivity index (χ0v) is 11.5. The maximum atomic E-state index is 12.7. The molecule has 2 bridgehead atoms. The third-order valence-corrected chi connectivity index (χ3v) is 4.72. The summed E-state index contributed by atoms with van der Waals surface area (Å²) in [6.07, 6.45) is 3.04. The van der Waals surface area contributed by atoms with Crippen molar-refractivity contribution in [2.75, 3.05) is 11.4 Å². The lowest BCUT2D eigenvalue weighted by atomic mass is 9.77. The lowest BCUT2D eigenvalue weighted by molar-refractivity contribution is -0.313. The molecule has 21 heavy (non-hydrogen) atoms. The molecular weight excluding hydrogens is 270 g/mol. The maximum Gasteiger partial charge on any atom is 0.234 e. The number of aliphatic carboxylic acids is 1. The second-order valence-electron chi connectivity index (χ2n) is 5.98. The summed E-state index contributed by atoms with van der Waals surface area (Å²) >= 11 is 0. The summed E-state index contributed by atoms with van der Waals surface area (Å²) in [6, 6.07) is 7.60. The number of carbonyl (C=O) groups is 2. The van der Waals surface area contributed by atoms with Gasteiger partial charge in [0.05, 0.1) is 18.6 Å². The van der Waals surface area contributed by atoms with Crippen LogP contribution in [0.2, 0.25) is 0 Å². The number of carboxylic acids is 1. The Hall–Kier alpha value is -2.14. The standard InChI is InChI=1S/C16H15NO4/c1-9-2-4-10(5-3-9)17-8-16-7-6-11(21-16)12(15(19)20)13(16)14(17)18/h2-7,11-13H,8H2,1H3,(H,19,20)/p-1. The lowest BCUT2D eigenvalue weighted by Gasteiger charge is -2.24. The minimum absolute atomic E-state index is 0.195. The highest BCUT2D eigenvalue weighted by Crippen LogP contribution is 2.52. The van der Waals surface area contributed by atoms with Crippen molar-refractivity contribution >= 4 is 17.6 Å². The smallest absolute Gasteiger partial charge is 0.234 e. The van der Waals surface area contributed by atoms with E-state index in [4.69, 9.17) is 4.74 Å². The Morgan fingerprint density at radius 1 is 1.38 bits per heavy atom. The fourth-order valence-electron chi connectivity index (χ4n) is 3.71. The number of amides is 1. The lowest BCUT2D eigenvalue weighted by Crippen LogP contribution is -2.45. The Morgan fingerprint density at radius 2 is 2.10 bits per heavy atom. The van der Waals surface area contributed by atoms with Gasteiger partial charge in [-0.15, -0.1) is 0 Å². The predicted molar refractivity (Wildman–Crippen MR) is 72.3 cm³/mol. The molecule has 1 amide bonds. The number of rotatable bonds is 2. The number of carbonyl (C=O) groups excluding carboxylic acids is 2. The van der Waals surface area contributed by atoms with E-state index in [2.05, 4.69) is 0 Å². The first-order valence-corrected chi connectivity index (χ1v) is 6.98. The Kier molecular flexibility index (Phi) is 2.37. The van der Waals surface area contributed by atoms with Crippen molar-refractivity contribution < 1.29 is 19.4 Å². The fourth-order valence-corrected chi connectivity index (χ4v) is 3.71. The Bertz CT molecular complexity index is 665. The average molecular weight is 284 g/mol. The third-order valence-electron chi connectivity index (χ3n) is 4.72. The molecular formula is C16H14NO4-. The van der Waals surface area contributed by atoms with E-state index in [1.165, 1.54) is 0 Å². The largest absolute Gasteiger partial charge is 0.550 e. The Morgan fingerprint density at radius 3 is 2.76 bits per heavy atom. The van der Waals surface area contributed by atoms with E-state index in [1.807, 2.05) is 37.3 Å². The molecule has 1 aromatic carbocycles. The molecule has 2 saturated heterocycles. The molecule has 4 rings (SSSR count). The summed E-state index contributed by atoms with van der Waals surface area (Å²) in [5, 5.41) is 11.4. The van der Waals surface area contributed by atoms with Crippen molar-refractivity contribution in [2.45, 2.75) is 18.6 Å². The van der Waals surface area contributed by atoms with Crippen LogP contribution in [0.1, 0.15) is 5.56 Å². The second-order valence-corrected chi connectivity index (χ2v) is 5.98. The predicted octanol–water partition coefficient (Wildman–Crippen LogP) is 0.0313. The zero-order chi connectivity index (χ0) is 14.8. The number of aryl methyl sites for hydroxylation is 1. The van der Waals surface area contributed by atoms with E-state index in [-0.39, 0.29) is 5.91 Å². The van der Waals surface area contributed by atoms with Crippen LogP contribution < -0.4 is 10.0 Å². The van der Waals surface area contributed by atoms with Crippen molar-refractivity contribution in [1.82, 2.24) is 0 Å². The Labute approximate surface area is 121 Å². The van der Waals surface area contributed by atoms with Crippen molar-refractivity contribution in [2.24, 2.45) is 11.8 Å². The molecule has 5 nitrogen and oxygen atoms in total. The minimum atomic E-state index is -1.21. The van der Waals surface area contributed by atoms with Crippen LogP contribution in [0.15, 0.2) is 36.4 Å². The van der Waals surface area contributed by atoms with Crippen molar-refractivity contribution in [3.05, 3.63) is 42.0 Å². The van der Waals surface area contributed by atoms with E-state index in [0.717, 1.165) is 11.3 Å². The Balaban J connectivity index is 1.73. The summed E-state index contributed by atoms with van der Waals surface area (Å²) in [7, 11) is 0. The average Bonchev–Trinajstić information content (AvgIpc) is 3.08. The van der Waals surface area contributed by atoms with Gasteiger partial charge in [-0.3, -0.25) is 4.79 Å². The summed E-state index contributed by atoms with van der Waals surface area (Å²) < 4.78 is 5.81. The van der Waals surface area contributed by atoms with Crippen LogP contribution in [0.25, 0.3) is 0 Å². The van der Waals surface area contributed by atoms with Gasteiger partial charge in [0.15, 0.2) is 0 Å². The second kappa shape index (κ2) is 3.95. The van der Waals surface area contributed by atoms with Crippen molar-refractivity contribution in [1.29, 1.82) is 0 Å². The maximum absolute atomic E-state index is 12.7. The minimum Gasteiger partial charge on any atom is -0.550 e. The van der Waals surface area contributed by atoms with E-state index >= 15 is 0 Å². The van der Waals surface area contributed by atoms with Gasteiger partial charge in [-0.2, -0.15) is 0 Å². The van der Waals surface area contributed by atoms with E-state index < -0.39 is 29.5 Å². The normalized spacial score (nSPS) is 36.3. The van der Waals surface area contributed by atoms with Crippen molar-refractivity contribution in [3.8, 4) is 0 Å². The molecule has 0 radical (unpaired) electrons. The highest BCUT2D eigenvalue weighted by atomic mass is 16.5. The molecule has 0 aromatic heterocycles. The SMILES string of the molecule is Cc1ccc(N2CC34C=CC(O3)C(C(=O)[O-])C4C2=O)cc1. The number of carboxylic acid groups (broad SMARTS) is 1. The first-order valence-electron chi connectivity index (χ1n) is 6.98. The van der Waals surface area contributed by atoms with Gasteiger partial charge in [0.2, 0.25) is 5.91 Å². The quantitative estimate of drug-likeness (QED) is 0.719. The van der Waals surface area contributed by atoms with E-state index in [9.17, 15) is 14.7 Å². The summed E-state index contributed by atoms with van der Waals surface area (Å²) in [5.74, 6) is -2.98. The molecule has 0 N–H and O–H groups in total. The number of ether oxygens (including phenoxy) is 1. The van der Waals surface area contributed by atoms with Crippen LogP contribution in [0, 0.1) is 18.8 Å². The summed E-state index contributed by atoms with van der Waals surface area (Å²) in [5.41, 5.74) is 1.07. The van der Waals surface area contributed by atoms with Crippen LogP contribution in [0.4, 0.5) is 5.69 Å². The third kappa shape index (κ3) is 1.55. The molecule has 3 aliphatic rings. The fraction of sp³-hybridized carbons (Fsp3) is 0.375. The highest BCUT2D eigenvalue weighted by molar-refractivity contribution is 6.02. The van der Waals surface area contributed by atoms with Gasteiger partial charge >= 0.3 is 0 Å². The first kappa shape index (κ1) is 12.6. The van der Waals surface area contributed by atoms with Gasteiger partial charge in [-0.25, -0.2) is 0 Å². The van der Waals surface area contributed by atoms with Crippen molar-refractivity contribution in [3.63, 3.8) is 0 Å². The first-order chi connectivity index (χ1) is 10.0. The van der Waals surface area contributed by atoms with Gasteiger partial charge in [-0.1, -0.05) is 29.8 Å². The topological polar surface area (TPSA) is 69.7 Å². The molecule has 3 heterocycles. The highest BCUT2D eigenvalue weighted by Gasteiger charge is 2.65. The molecule has 4 unspecified atom stereocenters. The van der Waals surface area contributed by atoms with Gasteiger partial charge < -0.3 is 19.5 Å². The van der Waals surface area contributed by atoms with Gasteiger partial charge in [0, 0.05) is 17.6 Å². The van der Waals surface area contributed by atoms with E-state index in [0.29, 0.717) is 6.54 Å². The van der Waals surface area contributed by atoms with Gasteiger partial charge in [0.1, 0.15) is 5.60 Å². The molecule has 0 saturated carbocycles. The molecule has 1 spiro atoms. The molecule has 5 heteroatoms. The molecule has 108 valence electrons. The van der Waals surface area contributed by atoms with Gasteiger partial charge in [-0.05, 0) is 19.1 Å². The van der Waals surface area contributed by atoms with Crippen LogP contribution in [0.5, 0.6) is 0 Å². The summed E-state index contributed by atoms with van der Waals surface area (Å²) in [4.78, 5) is 25.7. The monoisotopic (exact) mass is 284 g/mol. The molecule has 4 atom stereocenters. The van der Waals surface area contributed by atoms with Crippen LogP contribution >= 0.6 is 0 Å². The molecule has 3 aliphatic heterocycles.